The van der Waals surface area contributed by atoms with E-state index >= 15 is 0 Å². The van der Waals surface area contributed by atoms with Gasteiger partial charge < -0.3 is 9.64 Å². The van der Waals surface area contributed by atoms with Crippen LogP contribution >= 0.6 is 0 Å². The second kappa shape index (κ2) is 8.65. The first-order chi connectivity index (χ1) is 12.7. The predicted octanol–water partition coefficient (Wildman–Crippen LogP) is 4.82. The Kier molecular flexibility index (Phi) is 6.05. The Labute approximate surface area is 154 Å². The molecule has 0 aliphatic heterocycles. The van der Waals surface area contributed by atoms with Gasteiger partial charge in [0.05, 0.1) is 6.61 Å². The lowest BCUT2D eigenvalue weighted by molar-refractivity contribution is -0.127. The molecule has 0 radical (unpaired) electrons. The van der Waals surface area contributed by atoms with Crippen LogP contribution in [0.5, 0.6) is 5.75 Å². The molecule has 4 heteroatoms. The van der Waals surface area contributed by atoms with Crippen LogP contribution in [0, 0.1) is 5.82 Å². The third kappa shape index (κ3) is 4.94. The van der Waals surface area contributed by atoms with Crippen LogP contribution in [0.25, 0.3) is 6.08 Å². The van der Waals surface area contributed by atoms with Crippen molar-refractivity contribution >= 4 is 12.0 Å². The van der Waals surface area contributed by atoms with Gasteiger partial charge in [-0.25, -0.2) is 4.39 Å². The maximum Gasteiger partial charge on any atom is 0.247 e. The van der Waals surface area contributed by atoms with Crippen LogP contribution in [-0.2, 0) is 11.3 Å². The van der Waals surface area contributed by atoms with Crippen LogP contribution in [0.4, 0.5) is 4.39 Å². The number of rotatable bonds is 8. The molecule has 2 aromatic carbocycles. The van der Waals surface area contributed by atoms with Crippen molar-refractivity contribution in [1.82, 2.24) is 4.90 Å². The highest BCUT2D eigenvalue weighted by molar-refractivity contribution is 5.92. The van der Waals surface area contributed by atoms with Crippen molar-refractivity contribution in [2.45, 2.75) is 38.8 Å². The van der Waals surface area contributed by atoms with Crippen molar-refractivity contribution in [3.8, 4) is 5.75 Å². The first-order valence-electron chi connectivity index (χ1n) is 9.12. The van der Waals surface area contributed by atoms with Crippen molar-refractivity contribution < 1.29 is 13.9 Å². The third-order valence-corrected chi connectivity index (χ3v) is 4.34. The Balaban J connectivity index is 1.64. The van der Waals surface area contributed by atoms with E-state index in [-0.39, 0.29) is 17.8 Å². The molecular weight excluding hydrogens is 329 g/mol. The zero-order chi connectivity index (χ0) is 18.4. The number of ether oxygens (including phenoxy) is 1. The van der Waals surface area contributed by atoms with E-state index in [0.29, 0.717) is 18.7 Å². The standard InChI is InChI=1S/C22H24FNO2/c1-2-15-26-20-12-7-17(8-13-20)9-14-22(25)24(19-10-11-19)16-18-5-3-4-6-21(18)23/h3-9,12-14,19H,2,10-11,15-16H2,1H3/b14-9+. The molecule has 3 nitrogen and oxygen atoms in total. The predicted molar refractivity (Wildman–Crippen MR) is 101 cm³/mol. The Hall–Kier alpha value is -2.62. The molecule has 0 unspecified atom stereocenters. The topological polar surface area (TPSA) is 29.5 Å². The van der Waals surface area contributed by atoms with E-state index in [4.69, 9.17) is 4.74 Å². The van der Waals surface area contributed by atoms with Gasteiger partial charge in [0.25, 0.3) is 0 Å². The molecule has 0 spiro atoms. The molecule has 1 aliphatic carbocycles. The molecule has 0 atom stereocenters. The first-order valence-corrected chi connectivity index (χ1v) is 9.12. The second-order valence-electron chi connectivity index (χ2n) is 6.54. The molecule has 0 N–H and O–H groups in total. The number of carbonyl (C=O) groups excluding carboxylic acids is 1. The monoisotopic (exact) mass is 353 g/mol. The van der Waals surface area contributed by atoms with Crippen molar-refractivity contribution in [2.24, 2.45) is 0 Å². The van der Waals surface area contributed by atoms with E-state index in [2.05, 4.69) is 6.92 Å². The van der Waals surface area contributed by atoms with Crippen LogP contribution in [0.3, 0.4) is 0 Å². The summed E-state index contributed by atoms with van der Waals surface area (Å²) in [5.41, 5.74) is 1.49. The minimum atomic E-state index is -0.266. The molecule has 1 fully saturated rings. The van der Waals surface area contributed by atoms with Gasteiger partial charge in [0.1, 0.15) is 11.6 Å². The molecule has 0 heterocycles. The smallest absolute Gasteiger partial charge is 0.247 e. The van der Waals surface area contributed by atoms with Gasteiger partial charge in [-0.3, -0.25) is 4.79 Å². The number of nitrogens with zero attached hydrogens (tertiary/aromatic N) is 1. The lowest BCUT2D eigenvalue weighted by atomic mass is 10.1. The fourth-order valence-electron chi connectivity index (χ4n) is 2.74. The van der Waals surface area contributed by atoms with Crippen LogP contribution in [0.15, 0.2) is 54.6 Å². The Bertz CT molecular complexity index is 766. The largest absolute Gasteiger partial charge is 0.494 e. The number of benzene rings is 2. The Morgan fingerprint density at radius 2 is 1.92 bits per heavy atom. The van der Waals surface area contributed by atoms with Gasteiger partial charge in [-0.05, 0) is 49.1 Å². The average Bonchev–Trinajstić information content (AvgIpc) is 3.49. The molecule has 2 aromatic rings. The fourth-order valence-corrected chi connectivity index (χ4v) is 2.74. The summed E-state index contributed by atoms with van der Waals surface area (Å²) in [5, 5.41) is 0. The zero-order valence-corrected chi connectivity index (χ0v) is 15.0. The fraction of sp³-hybridized carbons (Fsp3) is 0.318. The molecule has 1 aliphatic rings. The molecular formula is C22H24FNO2. The van der Waals surface area contributed by atoms with Crippen LogP contribution < -0.4 is 4.74 Å². The normalized spacial score (nSPS) is 13.8. The van der Waals surface area contributed by atoms with Crippen molar-refractivity contribution in [2.75, 3.05) is 6.61 Å². The minimum absolute atomic E-state index is 0.0814. The molecule has 1 saturated carbocycles. The second-order valence-corrected chi connectivity index (χ2v) is 6.54. The number of amides is 1. The number of carbonyl (C=O) groups is 1. The summed E-state index contributed by atoms with van der Waals surface area (Å²) in [4.78, 5) is 14.4. The minimum Gasteiger partial charge on any atom is -0.494 e. The SMILES string of the molecule is CCCOc1ccc(/C=C/C(=O)N(Cc2ccccc2F)C2CC2)cc1. The van der Waals surface area contributed by atoms with E-state index in [1.54, 1.807) is 35.3 Å². The highest BCUT2D eigenvalue weighted by atomic mass is 19.1. The van der Waals surface area contributed by atoms with Gasteiger partial charge in [-0.15, -0.1) is 0 Å². The number of hydrogen-bond acceptors (Lipinski definition) is 2. The highest BCUT2D eigenvalue weighted by Gasteiger charge is 2.31. The van der Waals surface area contributed by atoms with Gasteiger partial charge in [0.2, 0.25) is 5.91 Å². The van der Waals surface area contributed by atoms with Gasteiger partial charge in [-0.1, -0.05) is 37.3 Å². The summed E-state index contributed by atoms with van der Waals surface area (Å²) in [7, 11) is 0. The summed E-state index contributed by atoms with van der Waals surface area (Å²) >= 11 is 0. The summed E-state index contributed by atoms with van der Waals surface area (Å²) < 4.78 is 19.5. The average molecular weight is 353 g/mol. The van der Waals surface area contributed by atoms with Gasteiger partial charge >= 0.3 is 0 Å². The lowest BCUT2D eigenvalue weighted by Gasteiger charge is -2.21. The van der Waals surface area contributed by atoms with E-state index in [9.17, 15) is 9.18 Å². The summed E-state index contributed by atoms with van der Waals surface area (Å²) in [6, 6.07) is 14.5. The van der Waals surface area contributed by atoms with Gasteiger partial charge in [0.15, 0.2) is 0 Å². The highest BCUT2D eigenvalue weighted by Crippen LogP contribution is 2.29. The molecule has 1 amide bonds. The summed E-state index contributed by atoms with van der Waals surface area (Å²) in [5.74, 6) is 0.481. The van der Waals surface area contributed by atoms with Crippen molar-refractivity contribution in [3.05, 3.63) is 71.6 Å². The van der Waals surface area contributed by atoms with Crippen molar-refractivity contribution in [3.63, 3.8) is 0 Å². The van der Waals surface area contributed by atoms with E-state index < -0.39 is 0 Å². The van der Waals surface area contributed by atoms with Crippen LogP contribution in [0.1, 0.15) is 37.3 Å². The summed E-state index contributed by atoms with van der Waals surface area (Å²) in [6.07, 6.45) is 6.30. The number of hydrogen-bond donors (Lipinski definition) is 0. The molecule has 0 saturated heterocycles. The molecule has 3 rings (SSSR count). The van der Waals surface area contributed by atoms with E-state index in [0.717, 1.165) is 30.6 Å². The first kappa shape index (κ1) is 18.2. The quantitative estimate of drug-likeness (QED) is 0.637. The summed E-state index contributed by atoms with van der Waals surface area (Å²) in [6.45, 7) is 3.07. The Morgan fingerprint density at radius 3 is 2.58 bits per heavy atom. The van der Waals surface area contributed by atoms with E-state index in [1.807, 2.05) is 24.3 Å². The molecule has 0 aromatic heterocycles. The molecule has 26 heavy (non-hydrogen) atoms. The molecule has 0 bridgehead atoms. The van der Waals surface area contributed by atoms with Crippen molar-refractivity contribution in [1.29, 1.82) is 0 Å². The third-order valence-electron chi connectivity index (χ3n) is 4.34. The van der Waals surface area contributed by atoms with Crippen LogP contribution in [-0.4, -0.2) is 23.5 Å². The zero-order valence-electron chi connectivity index (χ0n) is 15.0. The molecule has 136 valence electrons. The maximum atomic E-state index is 13.9. The van der Waals surface area contributed by atoms with Gasteiger partial charge in [-0.2, -0.15) is 0 Å². The Morgan fingerprint density at radius 1 is 1.19 bits per heavy atom. The van der Waals surface area contributed by atoms with E-state index in [1.165, 1.54) is 6.07 Å². The maximum absolute atomic E-state index is 13.9. The van der Waals surface area contributed by atoms with Crippen LogP contribution in [0.2, 0.25) is 0 Å². The number of halogens is 1. The van der Waals surface area contributed by atoms with Gasteiger partial charge in [0, 0.05) is 24.2 Å². The lowest BCUT2D eigenvalue weighted by Crippen LogP contribution is -2.31.